The van der Waals surface area contributed by atoms with E-state index in [4.69, 9.17) is 31.2 Å². The van der Waals surface area contributed by atoms with Crippen molar-refractivity contribution in [1.82, 2.24) is 19.5 Å². The average molecular weight is 343 g/mol. The van der Waals surface area contributed by atoms with Gasteiger partial charge in [-0.25, -0.2) is 15.0 Å². The zero-order valence-corrected chi connectivity index (χ0v) is 12.2. The van der Waals surface area contributed by atoms with Crippen LogP contribution in [0.5, 0.6) is 0 Å². The highest BCUT2D eigenvalue weighted by Gasteiger charge is 2.43. The number of halogens is 1. The molecule has 0 aliphatic heterocycles. The molecule has 10 nitrogen and oxygen atoms in total. The zero-order chi connectivity index (χ0) is 15.1. The zero-order valence-electron chi connectivity index (χ0n) is 9.61. The minimum Gasteiger partial charge on any atom is -0.324 e. The summed E-state index contributed by atoms with van der Waals surface area (Å²) in [6, 6.07) is 0. The van der Waals surface area contributed by atoms with Gasteiger partial charge in [-0.1, -0.05) is 11.6 Å². The highest BCUT2D eigenvalue weighted by molar-refractivity contribution is 7.70. The fourth-order valence-electron chi connectivity index (χ4n) is 1.57. The second-order valence-corrected chi connectivity index (χ2v) is 8.26. The summed E-state index contributed by atoms with van der Waals surface area (Å²) in [6.07, 6.45) is 2.23. The second kappa shape index (κ2) is 5.16. The summed E-state index contributed by atoms with van der Waals surface area (Å²) in [6.45, 7) is -0.654. The Morgan fingerprint density at radius 3 is 2.30 bits per heavy atom. The molecule has 0 fully saturated rings. The van der Waals surface area contributed by atoms with Gasteiger partial charge in [0, 0.05) is 0 Å². The van der Waals surface area contributed by atoms with Crippen molar-refractivity contribution in [2.45, 2.75) is 11.9 Å². The van der Waals surface area contributed by atoms with Crippen molar-refractivity contribution in [1.29, 1.82) is 0 Å². The van der Waals surface area contributed by atoms with Gasteiger partial charge in [0.15, 0.2) is 16.2 Å². The molecule has 0 aliphatic carbocycles. The van der Waals surface area contributed by atoms with Crippen LogP contribution in [-0.2, 0) is 15.7 Å². The number of hydrogen-bond acceptors (Lipinski definition) is 5. The monoisotopic (exact) mass is 342 g/mol. The number of nitrogens with zero attached hydrogens (tertiary/aromatic N) is 4. The molecule has 0 atom stereocenters. The molecule has 2 heterocycles. The third kappa shape index (κ3) is 3.07. The van der Waals surface area contributed by atoms with Crippen LogP contribution < -0.4 is 0 Å². The Hall–Kier alpha value is -0.860. The van der Waals surface area contributed by atoms with Crippen LogP contribution in [0.25, 0.3) is 11.2 Å². The van der Waals surface area contributed by atoms with Gasteiger partial charge in [0.05, 0.1) is 12.9 Å². The molecule has 4 N–H and O–H groups in total. The SMILES string of the molecule is O=P(O)(O)C(Cn1cnc2c(Cl)ncnc21)P(=O)(O)O. The fourth-order valence-corrected chi connectivity index (χ4v) is 4.09. The molecule has 0 saturated carbocycles. The van der Waals surface area contributed by atoms with Gasteiger partial charge in [0.1, 0.15) is 11.8 Å². The van der Waals surface area contributed by atoms with Crippen LogP contribution in [0.1, 0.15) is 0 Å². The first kappa shape index (κ1) is 15.5. The maximum atomic E-state index is 11.2. The molecular weight excluding hydrogens is 334 g/mol. The summed E-state index contributed by atoms with van der Waals surface area (Å²) in [5.74, 6) is 0. The Bertz CT molecular complexity index is 716. The first-order chi connectivity index (χ1) is 9.10. The highest BCUT2D eigenvalue weighted by Crippen LogP contribution is 2.60. The number of imidazole rings is 1. The van der Waals surface area contributed by atoms with Crippen LogP contribution in [0.15, 0.2) is 12.7 Å². The molecule has 0 unspecified atom stereocenters. The van der Waals surface area contributed by atoms with Crippen LogP contribution in [0.4, 0.5) is 0 Å². The van der Waals surface area contributed by atoms with Gasteiger partial charge in [-0.3, -0.25) is 9.13 Å². The van der Waals surface area contributed by atoms with Gasteiger partial charge in [-0.15, -0.1) is 0 Å². The quantitative estimate of drug-likeness (QED) is 0.448. The van der Waals surface area contributed by atoms with E-state index in [0.717, 1.165) is 17.2 Å². The topological polar surface area (TPSA) is 159 Å². The minimum absolute atomic E-state index is 0.0256. The molecule has 0 radical (unpaired) electrons. The Labute approximate surface area is 116 Å². The Morgan fingerprint density at radius 2 is 1.75 bits per heavy atom. The van der Waals surface area contributed by atoms with E-state index in [-0.39, 0.29) is 16.3 Å². The third-order valence-corrected chi connectivity index (χ3v) is 6.45. The van der Waals surface area contributed by atoms with Crippen LogP contribution in [0.3, 0.4) is 0 Å². The summed E-state index contributed by atoms with van der Waals surface area (Å²) in [5.41, 5.74) is 0.293. The Kier molecular flexibility index (Phi) is 4.01. The third-order valence-electron chi connectivity index (χ3n) is 2.49. The molecule has 0 bridgehead atoms. The minimum atomic E-state index is -5.02. The molecular formula is C7H9ClN4O6P2. The lowest BCUT2D eigenvalue weighted by Crippen LogP contribution is -2.17. The summed E-state index contributed by atoms with van der Waals surface area (Å²) in [5, 5.41) is -2.15. The molecule has 0 aromatic carbocycles. The molecule has 0 saturated heterocycles. The molecule has 20 heavy (non-hydrogen) atoms. The lowest BCUT2D eigenvalue weighted by atomic mass is 10.5. The van der Waals surface area contributed by atoms with Gasteiger partial charge in [-0.05, 0) is 0 Å². The molecule has 0 aliphatic rings. The van der Waals surface area contributed by atoms with Crippen LogP contribution in [0.2, 0.25) is 5.15 Å². The first-order valence-electron chi connectivity index (χ1n) is 5.02. The molecule has 13 heteroatoms. The van der Waals surface area contributed by atoms with E-state index in [1.165, 1.54) is 0 Å². The lowest BCUT2D eigenvalue weighted by molar-refractivity contribution is 0.332. The predicted octanol–water partition coefficient (Wildman–Crippen LogP) is 0.161. The summed E-state index contributed by atoms with van der Waals surface area (Å²) in [4.78, 5) is 47.6. The van der Waals surface area contributed by atoms with E-state index in [1.54, 1.807) is 0 Å². The van der Waals surface area contributed by atoms with Crippen molar-refractivity contribution in [2.75, 3.05) is 0 Å². The van der Waals surface area contributed by atoms with E-state index in [0.29, 0.717) is 0 Å². The van der Waals surface area contributed by atoms with E-state index in [1.807, 2.05) is 0 Å². The normalized spacial score (nSPS) is 13.3. The van der Waals surface area contributed by atoms with Crippen molar-refractivity contribution in [2.24, 2.45) is 0 Å². The van der Waals surface area contributed by atoms with E-state index in [2.05, 4.69) is 15.0 Å². The standard InChI is InChI=1S/C7H9ClN4O6P2/c8-6-5-7(10-2-9-6)12(3-11-5)1-4(19(13,14)15)20(16,17)18/h2-4H,1H2,(H2,13,14,15)(H2,16,17,18). The molecule has 0 spiro atoms. The van der Waals surface area contributed by atoms with Gasteiger partial charge < -0.3 is 24.1 Å². The summed E-state index contributed by atoms with van der Waals surface area (Å²) >= 11 is 5.75. The number of aromatic nitrogens is 4. The van der Waals surface area contributed by atoms with Gasteiger partial charge in [0.2, 0.25) is 0 Å². The van der Waals surface area contributed by atoms with Crippen molar-refractivity contribution in [3.05, 3.63) is 17.8 Å². The molecule has 2 aromatic rings. The van der Waals surface area contributed by atoms with Gasteiger partial charge in [0.25, 0.3) is 0 Å². The largest absolute Gasteiger partial charge is 0.342 e. The van der Waals surface area contributed by atoms with Crippen LogP contribution >= 0.6 is 26.8 Å². The maximum Gasteiger partial charge on any atom is 0.342 e. The predicted molar refractivity (Wildman–Crippen MR) is 68.2 cm³/mol. The van der Waals surface area contributed by atoms with Gasteiger partial charge >= 0.3 is 15.2 Å². The van der Waals surface area contributed by atoms with Crippen molar-refractivity contribution >= 4 is 38.0 Å². The van der Waals surface area contributed by atoms with Crippen LogP contribution in [0, 0.1) is 0 Å². The smallest absolute Gasteiger partial charge is 0.324 e. The van der Waals surface area contributed by atoms with E-state index < -0.39 is 27.1 Å². The van der Waals surface area contributed by atoms with E-state index in [9.17, 15) is 9.13 Å². The number of rotatable bonds is 4. The van der Waals surface area contributed by atoms with Crippen molar-refractivity contribution in [3.8, 4) is 0 Å². The van der Waals surface area contributed by atoms with Gasteiger partial charge in [-0.2, -0.15) is 0 Å². The maximum absolute atomic E-state index is 11.2. The second-order valence-electron chi connectivity index (χ2n) is 3.89. The molecule has 0 amide bonds. The van der Waals surface area contributed by atoms with Crippen LogP contribution in [-0.4, -0.2) is 44.5 Å². The molecule has 2 rings (SSSR count). The van der Waals surface area contributed by atoms with Crippen molar-refractivity contribution in [3.63, 3.8) is 0 Å². The first-order valence-corrected chi connectivity index (χ1v) is 8.76. The number of hydrogen-bond donors (Lipinski definition) is 4. The lowest BCUT2D eigenvalue weighted by Gasteiger charge is -2.19. The fraction of sp³-hybridized carbons (Fsp3) is 0.286. The summed E-state index contributed by atoms with van der Waals surface area (Å²) in [7, 11) is -10.0. The Balaban J connectivity index is 2.48. The summed E-state index contributed by atoms with van der Waals surface area (Å²) < 4.78 is 23.5. The highest BCUT2D eigenvalue weighted by atomic mass is 35.5. The molecule has 110 valence electrons. The van der Waals surface area contributed by atoms with E-state index >= 15 is 0 Å². The van der Waals surface area contributed by atoms with Crippen molar-refractivity contribution < 1.29 is 28.7 Å². The number of fused-ring (bicyclic) bond motifs is 1. The molecule has 2 aromatic heterocycles. The average Bonchev–Trinajstić information content (AvgIpc) is 2.67. The Morgan fingerprint density at radius 1 is 1.15 bits per heavy atom.